The van der Waals surface area contributed by atoms with Gasteiger partial charge >= 0.3 is 35.7 Å². The zero-order valence-electron chi connectivity index (χ0n) is 22.7. The van der Waals surface area contributed by atoms with E-state index in [1.54, 1.807) is 27.7 Å². The molecule has 0 aromatic heterocycles. The number of ether oxygens (including phenoxy) is 2. The van der Waals surface area contributed by atoms with E-state index in [1.165, 1.54) is 24.3 Å². The van der Waals surface area contributed by atoms with Gasteiger partial charge in [-0.15, -0.1) is 0 Å². The van der Waals surface area contributed by atoms with Crippen molar-refractivity contribution in [2.75, 3.05) is 13.2 Å². The van der Waals surface area contributed by atoms with Crippen LogP contribution < -0.4 is 50.2 Å². The molecule has 0 spiro atoms. The average molecular weight is 584 g/mol. The molecule has 1 unspecified atom stereocenters. The summed E-state index contributed by atoms with van der Waals surface area (Å²) in [5, 5.41) is 17.4. The second-order valence-electron chi connectivity index (χ2n) is 10.2. The van der Waals surface area contributed by atoms with Gasteiger partial charge in [-0.2, -0.15) is 0 Å². The maximum atomic E-state index is 13.1. The first-order chi connectivity index (χ1) is 17.6. The van der Waals surface area contributed by atoms with Crippen LogP contribution in [0.1, 0.15) is 47.0 Å². The third-order valence-corrected chi connectivity index (χ3v) is 6.66. The molecule has 1 saturated heterocycles. The minimum atomic E-state index is -5.22. The third kappa shape index (κ3) is 12.0. The Morgan fingerprint density at radius 3 is 2.36 bits per heavy atom. The van der Waals surface area contributed by atoms with E-state index in [4.69, 9.17) is 9.47 Å². The summed E-state index contributed by atoms with van der Waals surface area (Å²) in [6.45, 7) is 6.94. The van der Waals surface area contributed by atoms with Crippen LogP contribution >= 0.6 is 0 Å². The molecule has 1 aromatic carbocycles. The number of halogens is 1. The Bertz CT molecular complexity index is 1090. The number of hydrogen-bond donors (Lipinski definition) is 4. The van der Waals surface area contributed by atoms with Gasteiger partial charge in [0.2, 0.25) is 11.8 Å². The van der Waals surface area contributed by atoms with E-state index < -0.39 is 57.0 Å². The molecule has 1 fully saturated rings. The van der Waals surface area contributed by atoms with Crippen LogP contribution in [0.25, 0.3) is 0 Å². The van der Waals surface area contributed by atoms with E-state index in [1.807, 2.05) is 0 Å². The van der Waals surface area contributed by atoms with Crippen LogP contribution in [0.2, 0.25) is 0 Å². The molecule has 1 aliphatic rings. The van der Waals surface area contributed by atoms with Crippen LogP contribution in [0.15, 0.2) is 24.3 Å². The van der Waals surface area contributed by atoms with Gasteiger partial charge in [-0.1, -0.05) is 13.8 Å². The normalized spacial score (nSPS) is 17.8. The number of benzene rings is 1. The molecule has 39 heavy (non-hydrogen) atoms. The molecular weight excluding hydrogens is 548 g/mol. The summed E-state index contributed by atoms with van der Waals surface area (Å²) in [4.78, 5) is 37.5. The Morgan fingerprint density at radius 2 is 1.85 bits per heavy atom. The van der Waals surface area contributed by atoms with Gasteiger partial charge < -0.3 is 35.1 Å². The number of amides is 3. The molecule has 214 valence electrons. The largest absolute Gasteiger partial charge is 1.00 e. The van der Waals surface area contributed by atoms with Gasteiger partial charge in [-0.3, -0.25) is 9.59 Å². The fourth-order valence-electron chi connectivity index (χ4n) is 3.88. The molecule has 0 aliphatic carbocycles. The van der Waals surface area contributed by atoms with Crippen molar-refractivity contribution in [3.63, 3.8) is 0 Å². The number of aliphatic hydroxyl groups excluding tert-OH is 1. The van der Waals surface area contributed by atoms with Crippen molar-refractivity contribution in [1.82, 2.24) is 16.0 Å². The first-order valence-corrected chi connectivity index (χ1v) is 13.6. The summed E-state index contributed by atoms with van der Waals surface area (Å²) >= 11 is 0. The SMILES string of the molecule is CC(C)C[C@H](NC(=O)OCC(C)(C)Oc1ccc(F)cc1)C(=O)N[C@@H](C[C@@H]1CCNC1=O)C(O)S(=O)(=O)[O-].[Na+]. The molecule has 0 saturated carbocycles. The van der Waals surface area contributed by atoms with Crippen LogP contribution in [0.5, 0.6) is 5.75 Å². The Kier molecular flexibility index (Phi) is 13.6. The first kappa shape index (κ1) is 35.1. The molecule has 1 heterocycles. The van der Waals surface area contributed by atoms with Crippen molar-refractivity contribution in [3.8, 4) is 5.75 Å². The van der Waals surface area contributed by atoms with E-state index in [-0.39, 0.29) is 60.8 Å². The van der Waals surface area contributed by atoms with E-state index in [2.05, 4.69) is 16.0 Å². The van der Waals surface area contributed by atoms with Crippen molar-refractivity contribution in [2.45, 2.75) is 70.1 Å². The summed E-state index contributed by atoms with van der Waals surface area (Å²) in [6, 6.07) is 2.50. The van der Waals surface area contributed by atoms with Crippen molar-refractivity contribution in [1.29, 1.82) is 0 Å². The maximum absolute atomic E-state index is 13.1. The number of hydrogen-bond acceptors (Lipinski definition) is 9. The Morgan fingerprint density at radius 1 is 1.23 bits per heavy atom. The number of aliphatic hydroxyl groups is 1. The molecule has 15 heteroatoms. The minimum Gasteiger partial charge on any atom is -0.746 e. The fraction of sp³-hybridized carbons (Fsp3) is 0.625. The molecule has 12 nitrogen and oxygen atoms in total. The van der Waals surface area contributed by atoms with Crippen molar-refractivity contribution < 1.29 is 75.9 Å². The maximum Gasteiger partial charge on any atom is 1.00 e. The second kappa shape index (κ2) is 15.1. The Labute approximate surface area is 249 Å². The summed E-state index contributed by atoms with van der Waals surface area (Å²) in [5.74, 6) is -2.13. The van der Waals surface area contributed by atoms with Gasteiger partial charge in [-0.25, -0.2) is 17.6 Å². The number of carbonyl (C=O) groups is 3. The zero-order chi connectivity index (χ0) is 28.7. The average Bonchev–Trinajstić information content (AvgIpc) is 3.21. The first-order valence-electron chi connectivity index (χ1n) is 12.2. The zero-order valence-corrected chi connectivity index (χ0v) is 25.5. The van der Waals surface area contributed by atoms with Crippen molar-refractivity contribution in [2.24, 2.45) is 11.8 Å². The van der Waals surface area contributed by atoms with Gasteiger partial charge in [0.15, 0.2) is 5.44 Å². The summed E-state index contributed by atoms with van der Waals surface area (Å²) in [7, 11) is -5.22. The van der Waals surface area contributed by atoms with E-state index in [0.717, 1.165) is 0 Å². The topological polar surface area (TPSA) is 183 Å². The Balaban J connectivity index is 0.00000760. The molecule has 3 amide bonds. The predicted octanol–water partition coefficient (Wildman–Crippen LogP) is -2.00. The van der Waals surface area contributed by atoms with E-state index in [0.29, 0.717) is 18.7 Å². The minimum absolute atomic E-state index is 0. The van der Waals surface area contributed by atoms with Gasteiger partial charge in [0.25, 0.3) is 0 Å². The molecule has 4 N–H and O–H groups in total. The molecule has 4 atom stereocenters. The van der Waals surface area contributed by atoms with Crippen LogP contribution in [0, 0.1) is 17.7 Å². The fourth-order valence-corrected chi connectivity index (χ4v) is 4.47. The van der Waals surface area contributed by atoms with Crippen molar-refractivity contribution in [3.05, 3.63) is 30.1 Å². The van der Waals surface area contributed by atoms with Gasteiger partial charge in [0, 0.05) is 12.5 Å². The van der Waals surface area contributed by atoms with Crippen LogP contribution in [0.4, 0.5) is 9.18 Å². The van der Waals surface area contributed by atoms with Gasteiger partial charge in [0.1, 0.15) is 39.9 Å². The summed E-state index contributed by atoms with van der Waals surface area (Å²) < 4.78 is 58.5. The van der Waals surface area contributed by atoms with Crippen LogP contribution in [0.3, 0.4) is 0 Å². The third-order valence-electron chi connectivity index (χ3n) is 5.74. The summed E-state index contributed by atoms with van der Waals surface area (Å²) in [5.41, 5.74) is -3.50. The summed E-state index contributed by atoms with van der Waals surface area (Å²) in [6.07, 6.45) is -0.793. The predicted molar refractivity (Wildman–Crippen MR) is 132 cm³/mol. The number of carbonyl (C=O) groups excluding carboxylic acids is 3. The van der Waals surface area contributed by atoms with Crippen molar-refractivity contribution >= 4 is 28.0 Å². The van der Waals surface area contributed by atoms with Gasteiger partial charge in [0.05, 0.1) is 6.04 Å². The standard InChI is InChI=1S/C24H36FN3O9S.Na/c1-14(2)11-18(28-23(32)36-13-24(3,4)37-17-7-5-16(25)6-8-17)21(30)27-19(22(31)38(33,34)35)12-15-9-10-26-20(15)29;/h5-8,14-15,18-19,22,31H,9-13H2,1-4H3,(H,26,29)(H,27,30)(H,28,32)(H,33,34,35);/q;+1/p-1/t15-,18-,19-,22?;/m0./s1. The Hall–Kier alpha value is -1.97. The van der Waals surface area contributed by atoms with Gasteiger partial charge in [-0.05, 0) is 63.3 Å². The van der Waals surface area contributed by atoms with E-state index >= 15 is 0 Å². The van der Waals surface area contributed by atoms with E-state index in [9.17, 15) is 36.9 Å². The smallest absolute Gasteiger partial charge is 0.746 e. The quantitative estimate of drug-likeness (QED) is 0.151. The molecule has 1 aromatic rings. The number of rotatable bonds is 13. The molecule has 2 rings (SSSR count). The monoisotopic (exact) mass is 583 g/mol. The van der Waals surface area contributed by atoms with Crippen LogP contribution in [-0.2, 0) is 24.4 Å². The number of nitrogens with one attached hydrogen (secondary N) is 3. The van der Waals surface area contributed by atoms with Crippen LogP contribution in [-0.4, -0.2) is 72.3 Å². The second-order valence-corrected chi connectivity index (χ2v) is 11.7. The molecule has 0 bridgehead atoms. The number of alkyl carbamates (subject to hydrolysis) is 1. The molecule has 0 radical (unpaired) electrons. The molecule has 1 aliphatic heterocycles. The molecular formula is C24H35FN3NaO9S.